The van der Waals surface area contributed by atoms with Gasteiger partial charge in [0.2, 0.25) is 0 Å². The molecule has 0 aliphatic rings. The normalized spacial score (nSPS) is 13.1. The van der Waals surface area contributed by atoms with Crippen molar-refractivity contribution in [1.29, 1.82) is 0 Å². The summed E-state index contributed by atoms with van der Waals surface area (Å²) in [7, 11) is 5.97. The van der Waals surface area contributed by atoms with Gasteiger partial charge in [0, 0.05) is 12.8 Å². The Balaban J connectivity index is 4.04. The smallest absolute Gasteiger partial charge is 0.361 e. The third-order valence-electron chi connectivity index (χ3n) is 12.8. The van der Waals surface area contributed by atoms with Gasteiger partial charge >= 0.3 is 17.9 Å². The lowest BCUT2D eigenvalue weighted by Gasteiger charge is -2.25. The Labute approximate surface area is 432 Å². The Morgan fingerprint density at radius 1 is 0.443 bits per heavy atom. The predicted octanol–water partition coefficient (Wildman–Crippen LogP) is 17.1. The first-order valence-electron chi connectivity index (χ1n) is 29.3. The van der Waals surface area contributed by atoms with Gasteiger partial charge in [-0.2, -0.15) is 0 Å². The molecule has 2 atom stereocenters. The molecule has 9 heteroatoms. The van der Waals surface area contributed by atoms with E-state index in [1.807, 2.05) is 21.1 Å². The second kappa shape index (κ2) is 52.6. The third kappa shape index (κ3) is 53.1. The molecule has 0 bridgehead atoms. The highest BCUT2D eigenvalue weighted by atomic mass is 16.7. The van der Waals surface area contributed by atoms with Crippen molar-refractivity contribution in [2.24, 2.45) is 0 Å². The molecular weight excluding hydrogens is 875 g/mol. The average molecular weight is 988 g/mol. The summed E-state index contributed by atoms with van der Waals surface area (Å²) in [6, 6.07) is 0. The van der Waals surface area contributed by atoms with Gasteiger partial charge in [0.05, 0.1) is 34.4 Å². The first kappa shape index (κ1) is 67.2. The SMILES string of the molecule is CC/C=C\C/C=C\C/C=C\C/C=C\CCCCCCCCCCCCCCCCCCCCCCC(=O)OC(COC(=O)CCCCCCCCCCCCCC)COC(OCC[N+](C)(C)C)C(=O)O. The number of carbonyl (C=O) groups is 3. The van der Waals surface area contributed by atoms with Crippen molar-refractivity contribution in [2.75, 3.05) is 47.5 Å². The van der Waals surface area contributed by atoms with Gasteiger partial charge in [-0.3, -0.25) is 9.59 Å². The van der Waals surface area contributed by atoms with Crippen LogP contribution in [0.3, 0.4) is 0 Å². The third-order valence-corrected chi connectivity index (χ3v) is 12.8. The quantitative estimate of drug-likeness (QED) is 0.0211. The molecule has 0 spiro atoms. The Hall–Kier alpha value is -2.75. The molecule has 1 N–H and O–H groups in total. The number of nitrogens with zero attached hydrogens (tertiary/aromatic N) is 1. The van der Waals surface area contributed by atoms with Crippen LogP contribution in [0, 0.1) is 0 Å². The number of rotatable bonds is 54. The van der Waals surface area contributed by atoms with E-state index in [0.29, 0.717) is 17.4 Å². The number of carbonyl (C=O) groups excluding carboxylic acids is 2. The van der Waals surface area contributed by atoms with Crippen LogP contribution in [0.1, 0.15) is 264 Å². The molecule has 70 heavy (non-hydrogen) atoms. The zero-order chi connectivity index (χ0) is 51.3. The van der Waals surface area contributed by atoms with Gasteiger partial charge in [-0.25, -0.2) is 4.79 Å². The number of hydrogen-bond donors (Lipinski definition) is 1. The van der Waals surface area contributed by atoms with Crippen molar-refractivity contribution < 1.29 is 42.9 Å². The molecular formula is C61H112NO8+. The van der Waals surface area contributed by atoms with E-state index in [0.717, 1.165) is 64.2 Å². The van der Waals surface area contributed by atoms with Crippen molar-refractivity contribution in [3.63, 3.8) is 0 Å². The van der Waals surface area contributed by atoms with Gasteiger partial charge in [-0.15, -0.1) is 0 Å². The van der Waals surface area contributed by atoms with Crippen molar-refractivity contribution >= 4 is 17.9 Å². The van der Waals surface area contributed by atoms with Crippen LogP contribution in [0.4, 0.5) is 0 Å². The van der Waals surface area contributed by atoms with Gasteiger partial charge in [0.15, 0.2) is 6.10 Å². The van der Waals surface area contributed by atoms with Crippen LogP contribution in [0.2, 0.25) is 0 Å². The van der Waals surface area contributed by atoms with E-state index in [1.165, 1.54) is 173 Å². The number of hydrogen-bond acceptors (Lipinski definition) is 7. The van der Waals surface area contributed by atoms with Crippen LogP contribution < -0.4 is 0 Å². The monoisotopic (exact) mass is 987 g/mol. The van der Waals surface area contributed by atoms with Crippen LogP contribution in [0.5, 0.6) is 0 Å². The molecule has 0 aliphatic carbocycles. The molecule has 0 aromatic heterocycles. The summed E-state index contributed by atoms with van der Waals surface area (Å²) in [4.78, 5) is 37.3. The lowest BCUT2D eigenvalue weighted by atomic mass is 10.0. The second-order valence-corrected chi connectivity index (χ2v) is 20.9. The number of ether oxygens (including phenoxy) is 4. The summed E-state index contributed by atoms with van der Waals surface area (Å²) in [5.74, 6) is -1.99. The number of unbranched alkanes of at least 4 members (excludes halogenated alkanes) is 31. The van der Waals surface area contributed by atoms with E-state index in [4.69, 9.17) is 18.9 Å². The highest BCUT2D eigenvalue weighted by Crippen LogP contribution is 2.17. The van der Waals surface area contributed by atoms with Crippen LogP contribution in [-0.2, 0) is 33.3 Å². The minimum absolute atomic E-state index is 0.177. The standard InChI is InChI=1S/C61H111NO8/c1-6-8-10-12-14-16-18-20-21-22-23-24-25-26-27-28-29-30-31-32-33-34-35-36-37-38-39-40-42-44-46-48-50-52-59(64)70-57(56-69-61(60(65)66)67-54-53-62(3,4)5)55-68-58(63)51-49-47-45-43-41-19-17-15-13-11-9-7-2/h8,10,14,16,20-21,23-24,57,61H,6-7,9,11-13,15,17-19,22,25-56H2,1-5H3/p+1/b10-8-,16-14-,21-20-,24-23-. The van der Waals surface area contributed by atoms with Crippen molar-refractivity contribution in [3.05, 3.63) is 48.6 Å². The summed E-state index contributed by atoms with van der Waals surface area (Å²) in [5.41, 5.74) is 0. The fourth-order valence-corrected chi connectivity index (χ4v) is 8.36. The maximum Gasteiger partial charge on any atom is 0.361 e. The fourth-order valence-electron chi connectivity index (χ4n) is 8.36. The Bertz CT molecular complexity index is 1290. The molecule has 0 rings (SSSR count). The molecule has 0 fully saturated rings. The minimum atomic E-state index is -1.51. The average Bonchev–Trinajstić information content (AvgIpc) is 3.33. The highest BCUT2D eigenvalue weighted by molar-refractivity contribution is 5.71. The first-order valence-corrected chi connectivity index (χ1v) is 29.3. The molecule has 2 unspecified atom stereocenters. The Morgan fingerprint density at radius 2 is 0.814 bits per heavy atom. The van der Waals surface area contributed by atoms with Gasteiger partial charge < -0.3 is 28.5 Å². The summed E-state index contributed by atoms with van der Waals surface area (Å²) in [6.45, 7) is 4.79. The van der Waals surface area contributed by atoms with Crippen LogP contribution >= 0.6 is 0 Å². The number of carboxylic acids is 1. The molecule has 0 radical (unpaired) electrons. The van der Waals surface area contributed by atoms with Crippen LogP contribution in [0.15, 0.2) is 48.6 Å². The highest BCUT2D eigenvalue weighted by Gasteiger charge is 2.25. The van der Waals surface area contributed by atoms with Gasteiger partial charge in [0.1, 0.15) is 13.2 Å². The minimum Gasteiger partial charge on any atom is -0.477 e. The summed E-state index contributed by atoms with van der Waals surface area (Å²) < 4.78 is 22.8. The van der Waals surface area contributed by atoms with E-state index in [-0.39, 0.29) is 38.2 Å². The number of esters is 2. The number of likely N-dealkylation sites (N-methyl/N-ethyl adjacent to an activating group) is 1. The van der Waals surface area contributed by atoms with Crippen LogP contribution in [0.25, 0.3) is 0 Å². The van der Waals surface area contributed by atoms with Crippen molar-refractivity contribution in [1.82, 2.24) is 0 Å². The largest absolute Gasteiger partial charge is 0.477 e. The van der Waals surface area contributed by atoms with Crippen molar-refractivity contribution in [2.45, 2.75) is 277 Å². The lowest BCUT2D eigenvalue weighted by molar-refractivity contribution is -0.870. The topological polar surface area (TPSA) is 108 Å². The van der Waals surface area contributed by atoms with Gasteiger partial charge in [-0.05, 0) is 51.4 Å². The summed E-state index contributed by atoms with van der Waals surface area (Å²) in [5, 5.41) is 9.68. The zero-order valence-corrected chi connectivity index (χ0v) is 46.4. The molecule has 0 amide bonds. The van der Waals surface area contributed by atoms with E-state index < -0.39 is 18.4 Å². The summed E-state index contributed by atoms with van der Waals surface area (Å²) >= 11 is 0. The number of carboxylic acid groups (broad SMARTS) is 1. The lowest BCUT2D eigenvalue weighted by Crippen LogP contribution is -2.40. The Kier molecular flexibility index (Phi) is 50.5. The maximum atomic E-state index is 12.9. The molecule has 0 saturated carbocycles. The van der Waals surface area contributed by atoms with E-state index >= 15 is 0 Å². The Morgan fingerprint density at radius 3 is 1.21 bits per heavy atom. The fraction of sp³-hybridized carbons (Fsp3) is 0.820. The molecule has 408 valence electrons. The van der Waals surface area contributed by atoms with Crippen LogP contribution in [-0.4, -0.2) is 87.4 Å². The second-order valence-electron chi connectivity index (χ2n) is 20.9. The van der Waals surface area contributed by atoms with Gasteiger partial charge in [0.25, 0.3) is 6.29 Å². The van der Waals surface area contributed by atoms with E-state index in [1.54, 1.807) is 0 Å². The number of quaternary nitrogens is 1. The maximum absolute atomic E-state index is 12.9. The molecule has 0 heterocycles. The van der Waals surface area contributed by atoms with Gasteiger partial charge in [-0.1, -0.05) is 249 Å². The summed E-state index contributed by atoms with van der Waals surface area (Å²) in [6.07, 6.45) is 62.1. The zero-order valence-electron chi connectivity index (χ0n) is 46.4. The van der Waals surface area contributed by atoms with E-state index in [9.17, 15) is 19.5 Å². The predicted molar refractivity (Wildman–Crippen MR) is 295 cm³/mol. The molecule has 0 aromatic rings. The van der Waals surface area contributed by atoms with E-state index in [2.05, 4.69) is 62.5 Å². The number of aliphatic carboxylic acids is 1. The number of allylic oxidation sites excluding steroid dienone is 8. The molecule has 0 saturated heterocycles. The molecule has 0 aromatic carbocycles. The van der Waals surface area contributed by atoms with Crippen molar-refractivity contribution in [3.8, 4) is 0 Å². The molecule has 9 nitrogen and oxygen atoms in total. The first-order chi connectivity index (χ1) is 34.1. The molecule has 0 aliphatic heterocycles.